The van der Waals surface area contributed by atoms with Crippen LogP contribution in [0.25, 0.3) is 22.2 Å². The summed E-state index contributed by atoms with van der Waals surface area (Å²) in [6.45, 7) is 2.44. The van der Waals surface area contributed by atoms with E-state index < -0.39 is 40.9 Å². The third-order valence-electron chi connectivity index (χ3n) is 7.33. The lowest BCUT2D eigenvalue weighted by Crippen LogP contribution is -2.43. The SMILES string of the molecule is COc1cc(C(=O)NC[C@](O)(c2cc(C(C)(C)O)c(F)c(-c3ccc(F)cc3)n2)C2CC2)cc2cc(C(F)F)nnc12. The molecule has 1 saturated carbocycles. The summed E-state index contributed by atoms with van der Waals surface area (Å²) in [4.78, 5) is 17.7. The molecule has 2 heterocycles. The maximum atomic E-state index is 15.6. The smallest absolute Gasteiger partial charge is 0.282 e. The zero-order valence-corrected chi connectivity index (χ0v) is 23.0. The van der Waals surface area contributed by atoms with Crippen molar-refractivity contribution in [2.75, 3.05) is 13.7 Å². The van der Waals surface area contributed by atoms with Gasteiger partial charge in [-0.1, -0.05) is 0 Å². The first-order valence-corrected chi connectivity index (χ1v) is 13.2. The minimum atomic E-state index is -2.87. The van der Waals surface area contributed by atoms with Crippen LogP contribution < -0.4 is 10.1 Å². The second-order valence-corrected chi connectivity index (χ2v) is 10.9. The van der Waals surface area contributed by atoms with Gasteiger partial charge in [0.15, 0.2) is 5.82 Å². The van der Waals surface area contributed by atoms with Crippen LogP contribution in [0.3, 0.4) is 0 Å². The van der Waals surface area contributed by atoms with Crippen LogP contribution in [-0.2, 0) is 11.2 Å². The number of hydrogen-bond donors (Lipinski definition) is 3. The fraction of sp³-hybridized carbons (Fsp3) is 0.333. The maximum absolute atomic E-state index is 15.6. The molecule has 3 N–H and O–H groups in total. The Kier molecular flexibility index (Phi) is 7.62. The molecule has 4 aromatic rings. The maximum Gasteiger partial charge on any atom is 0.282 e. The van der Waals surface area contributed by atoms with Gasteiger partial charge in [0.1, 0.15) is 34.1 Å². The van der Waals surface area contributed by atoms with E-state index in [2.05, 4.69) is 20.5 Å². The number of aromatic nitrogens is 3. The van der Waals surface area contributed by atoms with Gasteiger partial charge in [0, 0.05) is 22.1 Å². The van der Waals surface area contributed by atoms with Crippen LogP contribution >= 0.6 is 0 Å². The minimum absolute atomic E-state index is 0.0242. The third-order valence-corrected chi connectivity index (χ3v) is 7.33. The molecular weight excluding hydrogens is 556 g/mol. The van der Waals surface area contributed by atoms with Gasteiger partial charge in [0.05, 0.1) is 24.9 Å². The number of ether oxygens (including phenoxy) is 1. The first-order chi connectivity index (χ1) is 19.8. The molecule has 0 aliphatic heterocycles. The van der Waals surface area contributed by atoms with Crippen molar-refractivity contribution in [1.29, 1.82) is 0 Å². The van der Waals surface area contributed by atoms with Crippen molar-refractivity contribution >= 4 is 16.8 Å². The van der Waals surface area contributed by atoms with Crippen molar-refractivity contribution in [3.05, 3.63) is 82.7 Å². The van der Waals surface area contributed by atoms with Crippen LogP contribution in [0, 0.1) is 17.6 Å². The van der Waals surface area contributed by atoms with Crippen molar-refractivity contribution in [2.24, 2.45) is 5.92 Å². The first-order valence-electron chi connectivity index (χ1n) is 13.2. The van der Waals surface area contributed by atoms with Gasteiger partial charge in [-0.25, -0.2) is 22.5 Å². The number of nitrogens with zero attached hydrogens (tertiary/aromatic N) is 3. The number of carbonyl (C=O) groups excluding carboxylic acids is 1. The molecule has 1 atom stereocenters. The molecule has 8 nitrogen and oxygen atoms in total. The summed E-state index contributed by atoms with van der Waals surface area (Å²) in [6.07, 6.45) is -1.65. The average molecular weight is 585 g/mol. The molecule has 2 aromatic carbocycles. The summed E-state index contributed by atoms with van der Waals surface area (Å²) in [5.41, 5.74) is -3.80. The van der Waals surface area contributed by atoms with Gasteiger partial charge >= 0.3 is 0 Å². The normalized spacial score (nSPS) is 15.1. The van der Waals surface area contributed by atoms with Gasteiger partial charge in [-0.3, -0.25) is 4.79 Å². The summed E-state index contributed by atoms with van der Waals surface area (Å²) in [7, 11) is 1.34. The van der Waals surface area contributed by atoms with Crippen LogP contribution in [0.15, 0.2) is 48.5 Å². The van der Waals surface area contributed by atoms with Gasteiger partial charge in [-0.15, -0.1) is 10.2 Å². The Morgan fingerprint density at radius 2 is 1.76 bits per heavy atom. The molecule has 5 rings (SSSR count). The quantitative estimate of drug-likeness (QED) is 0.232. The van der Waals surface area contributed by atoms with E-state index in [-0.39, 0.29) is 57.2 Å². The molecule has 1 aliphatic carbocycles. The Hall–Kier alpha value is -4.16. The van der Waals surface area contributed by atoms with Crippen LogP contribution in [0.5, 0.6) is 5.75 Å². The van der Waals surface area contributed by atoms with Crippen LogP contribution in [0.2, 0.25) is 0 Å². The fourth-order valence-corrected chi connectivity index (χ4v) is 4.85. The predicted molar refractivity (Wildman–Crippen MR) is 145 cm³/mol. The zero-order valence-electron chi connectivity index (χ0n) is 23.0. The molecule has 42 heavy (non-hydrogen) atoms. The number of hydrogen-bond acceptors (Lipinski definition) is 7. The van der Waals surface area contributed by atoms with Crippen LogP contribution in [-0.4, -0.2) is 45.0 Å². The Balaban J connectivity index is 1.52. The molecule has 0 unspecified atom stereocenters. The highest BCUT2D eigenvalue weighted by Gasteiger charge is 2.47. The largest absolute Gasteiger partial charge is 0.494 e. The molecule has 1 amide bonds. The molecule has 0 spiro atoms. The van der Waals surface area contributed by atoms with E-state index in [0.717, 1.165) is 18.2 Å². The van der Waals surface area contributed by atoms with Gasteiger partial charge in [0.2, 0.25) is 0 Å². The van der Waals surface area contributed by atoms with Gasteiger partial charge in [0.25, 0.3) is 12.3 Å². The van der Waals surface area contributed by atoms with Crippen molar-refractivity contribution in [3.63, 3.8) is 0 Å². The number of fused-ring (bicyclic) bond motifs is 1. The van der Waals surface area contributed by atoms with Crippen molar-refractivity contribution in [2.45, 2.75) is 44.3 Å². The summed E-state index contributed by atoms with van der Waals surface area (Å²) < 4.78 is 60.9. The van der Waals surface area contributed by atoms with Crippen molar-refractivity contribution in [3.8, 4) is 17.0 Å². The number of benzene rings is 2. The van der Waals surface area contributed by atoms with Gasteiger partial charge in [-0.2, -0.15) is 0 Å². The summed E-state index contributed by atoms with van der Waals surface area (Å²) in [6, 6.07) is 10.1. The number of alkyl halides is 2. The second-order valence-electron chi connectivity index (χ2n) is 10.9. The number of halogens is 4. The lowest BCUT2D eigenvalue weighted by atomic mass is 9.87. The van der Waals surface area contributed by atoms with E-state index in [0.29, 0.717) is 12.8 Å². The molecule has 220 valence electrons. The highest BCUT2D eigenvalue weighted by Crippen LogP contribution is 2.46. The molecule has 0 radical (unpaired) electrons. The lowest BCUT2D eigenvalue weighted by Gasteiger charge is -2.31. The lowest BCUT2D eigenvalue weighted by molar-refractivity contribution is 0.00864. The molecule has 0 saturated heterocycles. The topological polar surface area (TPSA) is 117 Å². The molecule has 12 heteroatoms. The number of rotatable bonds is 9. The van der Waals surface area contributed by atoms with E-state index in [1.807, 2.05) is 0 Å². The van der Waals surface area contributed by atoms with Crippen molar-refractivity contribution in [1.82, 2.24) is 20.5 Å². The number of amides is 1. The highest BCUT2D eigenvalue weighted by molar-refractivity contribution is 5.99. The van der Waals surface area contributed by atoms with Gasteiger partial charge < -0.3 is 20.3 Å². The third kappa shape index (κ3) is 5.64. The van der Waals surface area contributed by atoms with Crippen LogP contribution in [0.4, 0.5) is 17.6 Å². The monoisotopic (exact) mass is 584 g/mol. The highest BCUT2D eigenvalue weighted by atomic mass is 19.3. The Labute approximate surface area is 238 Å². The Bertz CT molecular complexity index is 1660. The standard InChI is InChI=1S/C30H28F4N4O4/c1-29(2,40)20-13-23(36-26(24(20)32)15-4-8-19(31)9-5-15)30(41,18-6-7-18)14-35-28(39)17-10-16-11-21(27(33)34)37-38-25(16)22(12-17)42-3/h4-5,8-13,18,27,40-41H,6-7,14H2,1-3H3,(H,35,39)/t30-/m1/s1. The second kappa shape index (κ2) is 10.9. The first kappa shape index (κ1) is 29.3. The van der Waals surface area contributed by atoms with E-state index in [1.165, 1.54) is 51.3 Å². The predicted octanol–water partition coefficient (Wildman–Crippen LogP) is 5.17. The molecule has 1 aliphatic rings. The molecule has 0 bridgehead atoms. The summed E-state index contributed by atoms with van der Waals surface area (Å²) in [5, 5.41) is 32.8. The zero-order chi connectivity index (χ0) is 30.4. The van der Waals surface area contributed by atoms with Crippen LogP contribution in [0.1, 0.15) is 60.4 Å². The number of methoxy groups -OCH3 is 1. The molecule has 1 fully saturated rings. The number of aliphatic hydroxyl groups is 2. The average Bonchev–Trinajstić information content (AvgIpc) is 3.81. The van der Waals surface area contributed by atoms with E-state index in [1.54, 1.807) is 0 Å². The number of nitrogens with one attached hydrogen (secondary N) is 1. The summed E-state index contributed by atoms with van der Waals surface area (Å²) in [5.74, 6) is -2.19. The van der Waals surface area contributed by atoms with E-state index >= 15 is 4.39 Å². The van der Waals surface area contributed by atoms with Crippen molar-refractivity contribution < 1.29 is 37.3 Å². The number of carbonyl (C=O) groups is 1. The van der Waals surface area contributed by atoms with Gasteiger partial charge in [-0.05, 0) is 81.1 Å². The molecular formula is C30H28F4N4O4. The minimum Gasteiger partial charge on any atom is -0.494 e. The molecule has 2 aromatic heterocycles. The fourth-order valence-electron chi connectivity index (χ4n) is 4.85. The van der Waals surface area contributed by atoms with E-state index in [9.17, 15) is 28.2 Å². The Morgan fingerprint density at radius 3 is 2.36 bits per heavy atom. The summed E-state index contributed by atoms with van der Waals surface area (Å²) >= 11 is 0. The number of pyridine rings is 1. The Morgan fingerprint density at radius 1 is 1.07 bits per heavy atom. The van der Waals surface area contributed by atoms with E-state index in [4.69, 9.17) is 4.74 Å².